The Kier molecular flexibility index (Phi) is 12.0. The van der Waals surface area contributed by atoms with Crippen LogP contribution in [0.15, 0.2) is 0 Å². The van der Waals surface area contributed by atoms with Gasteiger partial charge in [0, 0.05) is 6.04 Å². The van der Waals surface area contributed by atoms with Gasteiger partial charge in [0.1, 0.15) is 0 Å². The molecule has 0 spiro atoms. The minimum atomic E-state index is 0.203. The maximum Gasteiger partial charge on any atom is 0.0210 e. The minimum absolute atomic E-state index is 0.203. The van der Waals surface area contributed by atoms with Gasteiger partial charge in [-0.25, -0.2) is 0 Å². The van der Waals surface area contributed by atoms with E-state index < -0.39 is 0 Å². The van der Waals surface area contributed by atoms with E-state index in [4.69, 9.17) is 5.73 Å². The molecular weight excluding hydrogens is 182 g/mol. The number of unbranched alkanes of at least 4 members (excludes halogenated alkanes) is 8. The van der Waals surface area contributed by atoms with Crippen LogP contribution in [0.4, 0.5) is 0 Å². The Hall–Kier alpha value is -0.0400. The van der Waals surface area contributed by atoms with Crippen LogP contribution >= 0.6 is 0 Å². The zero-order chi connectivity index (χ0) is 11.4. The first kappa shape index (κ1) is 15.0. The summed E-state index contributed by atoms with van der Waals surface area (Å²) < 4.78 is 0. The van der Waals surface area contributed by atoms with Gasteiger partial charge in [-0.15, -0.1) is 0 Å². The van der Waals surface area contributed by atoms with Crippen molar-refractivity contribution in [1.82, 2.24) is 5.73 Å². The van der Waals surface area contributed by atoms with Gasteiger partial charge in [-0.1, -0.05) is 71.6 Å². The SMILES string of the molecule is CCCCCCCCCCCC([NH])CC. The molecular formula is C14H30N. The molecule has 0 aliphatic heterocycles. The van der Waals surface area contributed by atoms with Crippen LogP contribution in [0, 0.1) is 0 Å². The lowest BCUT2D eigenvalue weighted by Crippen LogP contribution is -2.05. The van der Waals surface area contributed by atoms with Crippen LogP contribution in [0.5, 0.6) is 0 Å². The van der Waals surface area contributed by atoms with E-state index in [1.807, 2.05) is 0 Å². The fraction of sp³-hybridized carbons (Fsp3) is 1.00. The Bertz CT molecular complexity index is 112. The second-order valence-electron chi connectivity index (χ2n) is 4.72. The highest BCUT2D eigenvalue weighted by Gasteiger charge is 1.98. The first-order valence-corrected chi connectivity index (χ1v) is 7.02. The van der Waals surface area contributed by atoms with E-state index in [-0.39, 0.29) is 6.04 Å². The third-order valence-electron chi connectivity index (χ3n) is 3.15. The summed E-state index contributed by atoms with van der Waals surface area (Å²) in [5, 5.41) is 0. The monoisotopic (exact) mass is 212 g/mol. The fourth-order valence-corrected chi connectivity index (χ4v) is 1.91. The maximum absolute atomic E-state index is 7.61. The summed E-state index contributed by atoms with van der Waals surface area (Å²) in [6.45, 7) is 4.39. The van der Waals surface area contributed by atoms with Crippen LogP contribution in [-0.4, -0.2) is 6.04 Å². The van der Waals surface area contributed by atoms with Crippen molar-refractivity contribution >= 4 is 0 Å². The van der Waals surface area contributed by atoms with E-state index in [9.17, 15) is 0 Å². The Balaban J connectivity index is 2.92. The highest BCUT2D eigenvalue weighted by molar-refractivity contribution is 4.57. The second-order valence-corrected chi connectivity index (χ2v) is 4.72. The van der Waals surface area contributed by atoms with Crippen LogP contribution in [0.3, 0.4) is 0 Å². The van der Waals surface area contributed by atoms with Crippen molar-refractivity contribution in [1.29, 1.82) is 0 Å². The van der Waals surface area contributed by atoms with Gasteiger partial charge in [-0.2, -0.15) is 0 Å². The van der Waals surface area contributed by atoms with Gasteiger partial charge in [0.15, 0.2) is 0 Å². The van der Waals surface area contributed by atoms with Gasteiger partial charge in [0.2, 0.25) is 0 Å². The second kappa shape index (κ2) is 12.0. The lowest BCUT2D eigenvalue weighted by molar-refractivity contribution is 0.510. The summed E-state index contributed by atoms with van der Waals surface area (Å²) in [6, 6.07) is 0.203. The van der Waals surface area contributed by atoms with Crippen LogP contribution in [-0.2, 0) is 0 Å². The van der Waals surface area contributed by atoms with E-state index >= 15 is 0 Å². The van der Waals surface area contributed by atoms with E-state index in [0.717, 1.165) is 12.8 Å². The van der Waals surface area contributed by atoms with Crippen molar-refractivity contribution in [2.45, 2.75) is 90.5 Å². The van der Waals surface area contributed by atoms with Gasteiger partial charge in [0.05, 0.1) is 0 Å². The molecule has 91 valence electrons. The Morgan fingerprint density at radius 3 is 1.67 bits per heavy atom. The molecule has 0 aliphatic rings. The largest absolute Gasteiger partial charge is 0.255 e. The highest BCUT2D eigenvalue weighted by atomic mass is 14.6. The summed E-state index contributed by atoms with van der Waals surface area (Å²) in [7, 11) is 0. The van der Waals surface area contributed by atoms with Crippen molar-refractivity contribution in [3.8, 4) is 0 Å². The molecule has 15 heavy (non-hydrogen) atoms. The Morgan fingerprint density at radius 2 is 1.20 bits per heavy atom. The zero-order valence-corrected chi connectivity index (χ0v) is 10.9. The molecule has 0 saturated heterocycles. The lowest BCUT2D eigenvalue weighted by atomic mass is 10.0. The molecule has 1 nitrogen and oxygen atoms in total. The van der Waals surface area contributed by atoms with Gasteiger partial charge >= 0.3 is 0 Å². The predicted octanol–water partition coefficient (Wildman–Crippen LogP) is 4.97. The van der Waals surface area contributed by atoms with Crippen molar-refractivity contribution in [3.05, 3.63) is 0 Å². The standard InChI is InChI=1S/C14H30N/c1-3-5-6-7-8-9-10-11-12-13-14(15)4-2/h14-15H,3-13H2,1-2H3. The molecule has 1 atom stereocenters. The molecule has 1 N–H and O–H groups in total. The molecule has 0 saturated carbocycles. The summed E-state index contributed by atoms with van der Waals surface area (Å²) in [5.74, 6) is 0. The molecule has 0 heterocycles. The quantitative estimate of drug-likeness (QED) is 0.432. The Morgan fingerprint density at radius 1 is 0.733 bits per heavy atom. The molecule has 1 radical (unpaired) electrons. The average molecular weight is 212 g/mol. The first-order chi connectivity index (χ1) is 7.31. The van der Waals surface area contributed by atoms with Crippen LogP contribution < -0.4 is 5.73 Å². The number of nitrogens with one attached hydrogen (secondary N) is 1. The van der Waals surface area contributed by atoms with E-state index in [1.165, 1.54) is 57.8 Å². The molecule has 0 aromatic rings. The van der Waals surface area contributed by atoms with Crippen LogP contribution in [0.2, 0.25) is 0 Å². The minimum Gasteiger partial charge on any atom is -0.255 e. The van der Waals surface area contributed by atoms with E-state index in [0.29, 0.717) is 0 Å². The Labute approximate surface area is 96.8 Å². The summed E-state index contributed by atoms with van der Waals surface area (Å²) in [4.78, 5) is 0. The maximum atomic E-state index is 7.61. The van der Waals surface area contributed by atoms with Gasteiger partial charge in [-0.3, -0.25) is 5.73 Å². The van der Waals surface area contributed by atoms with Gasteiger partial charge in [0.25, 0.3) is 0 Å². The molecule has 1 unspecified atom stereocenters. The van der Waals surface area contributed by atoms with E-state index in [1.54, 1.807) is 0 Å². The molecule has 0 aromatic heterocycles. The van der Waals surface area contributed by atoms with Gasteiger partial charge in [-0.05, 0) is 12.8 Å². The third kappa shape index (κ3) is 11.9. The van der Waals surface area contributed by atoms with Crippen LogP contribution in [0.1, 0.15) is 84.5 Å². The van der Waals surface area contributed by atoms with E-state index in [2.05, 4.69) is 13.8 Å². The number of rotatable bonds is 11. The zero-order valence-electron chi connectivity index (χ0n) is 10.9. The molecule has 0 fully saturated rings. The molecule has 0 amide bonds. The van der Waals surface area contributed by atoms with Crippen molar-refractivity contribution in [3.63, 3.8) is 0 Å². The molecule has 0 aliphatic carbocycles. The average Bonchev–Trinajstić information content (AvgIpc) is 2.26. The normalized spacial score (nSPS) is 13.0. The topological polar surface area (TPSA) is 23.8 Å². The molecule has 1 heteroatoms. The smallest absolute Gasteiger partial charge is 0.0210 e. The predicted molar refractivity (Wildman–Crippen MR) is 69.0 cm³/mol. The molecule has 0 rings (SSSR count). The lowest BCUT2D eigenvalue weighted by Gasteiger charge is -2.06. The number of hydrogen-bond acceptors (Lipinski definition) is 0. The summed E-state index contributed by atoms with van der Waals surface area (Å²) >= 11 is 0. The van der Waals surface area contributed by atoms with Gasteiger partial charge < -0.3 is 0 Å². The van der Waals surface area contributed by atoms with Crippen molar-refractivity contribution < 1.29 is 0 Å². The molecule has 0 bridgehead atoms. The van der Waals surface area contributed by atoms with Crippen LogP contribution in [0.25, 0.3) is 0 Å². The third-order valence-corrected chi connectivity index (χ3v) is 3.15. The first-order valence-electron chi connectivity index (χ1n) is 7.02. The molecule has 0 aromatic carbocycles. The number of hydrogen-bond donors (Lipinski definition) is 0. The van der Waals surface area contributed by atoms with Crippen molar-refractivity contribution in [2.24, 2.45) is 0 Å². The summed E-state index contributed by atoms with van der Waals surface area (Å²) in [6.07, 6.45) is 14.6. The fourth-order valence-electron chi connectivity index (χ4n) is 1.91. The summed E-state index contributed by atoms with van der Waals surface area (Å²) in [5.41, 5.74) is 7.61. The highest BCUT2D eigenvalue weighted by Crippen LogP contribution is 2.11. The van der Waals surface area contributed by atoms with Crippen molar-refractivity contribution in [2.75, 3.05) is 0 Å².